The van der Waals surface area contributed by atoms with E-state index in [1.54, 1.807) is 6.20 Å². The van der Waals surface area contributed by atoms with Crippen molar-refractivity contribution in [2.24, 2.45) is 0 Å². The van der Waals surface area contributed by atoms with E-state index in [4.69, 9.17) is 0 Å². The van der Waals surface area contributed by atoms with Crippen LogP contribution in [-0.4, -0.2) is 31.5 Å². The Kier molecular flexibility index (Phi) is 1.60. The lowest BCUT2D eigenvalue weighted by Crippen LogP contribution is -2.28. The minimum atomic E-state index is 0.793. The van der Waals surface area contributed by atoms with Crippen molar-refractivity contribution in [2.45, 2.75) is 13.1 Å². The molecule has 0 saturated carbocycles. The van der Waals surface area contributed by atoms with Gasteiger partial charge in [-0.3, -0.25) is 5.10 Å². The first kappa shape index (κ1) is 7.69. The normalized spacial score (nSPS) is 15.4. The van der Waals surface area contributed by atoms with Crippen LogP contribution < -0.4 is 5.32 Å². The number of nitrogens with one attached hydrogen (secondary N) is 2. The highest BCUT2D eigenvalue weighted by Crippen LogP contribution is 2.16. The molecule has 0 spiro atoms. The Morgan fingerprint density at radius 3 is 3.21 bits per heavy atom. The lowest BCUT2D eigenvalue weighted by molar-refractivity contribution is 0.508. The number of H-pyrrole nitrogens is 1. The molecule has 72 valence electrons. The number of rotatable bonds is 1. The maximum absolute atomic E-state index is 4.14. The molecule has 0 aromatic carbocycles. The van der Waals surface area contributed by atoms with Gasteiger partial charge >= 0.3 is 0 Å². The van der Waals surface area contributed by atoms with Gasteiger partial charge in [0.25, 0.3) is 0 Å². The molecule has 2 aromatic heterocycles. The molecule has 14 heavy (non-hydrogen) atoms. The molecule has 6 nitrogen and oxygen atoms in total. The second-order valence-electron chi connectivity index (χ2n) is 3.24. The van der Waals surface area contributed by atoms with E-state index in [0.29, 0.717) is 0 Å². The van der Waals surface area contributed by atoms with E-state index in [9.17, 15) is 0 Å². The van der Waals surface area contributed by atoms with Crippen LogP contribution in [0, 0.1) is 0 Å². The van der Waals surface area contributed by atoms with Crippen molar-refractivity contribution in [3.63, 3.8) is 0 Å². The topological polar surface area (TPSA) is 71.4 Å². The number of nitrogens with zero attached hydrogens (tertiary/aromatic N) is 4. The smallest absolute Gasteiger partial charge is 0.182 e. The van der Waals surface area contributed by atoms with E-state index in [2.05, 4.69) is 30.3 Å². The van der Waals surface area contributed by atoms with Crippen molar-refractivity contribution in [3.05, 3.63) is 18.1 Å². The predicted molar refractivity (Wildman–Crippen MR) is 49.3 cm³/mol. The summed E-state index contributed by atoms with van der Waals surface area (Å²) in [6, 6.07) is 1.90. The molecule has 0 saturated heterocycles. The molecule has 0 unspecified atom stereocenters. The molecule has 2 aromatic rings. The third-order valence-electron chi connectivity index (χ3n) is 2.36. The van der Waals surface area contributed by atoms with Gasteiger partial charge in [0.2, 0.25) is 0 Å². The van der Waals surface area contributed by atoms with Gasteiger partial charge < -0.3 is 9.88 Å². The highest BCUT2D eigenvalue weighted by Gasteiger charge is 2.16. The first-order valence-corrected chi connectivity index (χ1v) is 4.58. The van der Waals surface area contributed by atoms with Gasteiger partial charge in [0.1, 0.15) is 11.5 Å². The molecule has 2 N–H and O–H groups in total. The third kappa shape index (κ3) is 1.04. The summed E-state index contributed by atoms with van der Waals surface area (Å²) in [4.78, 5) is 0. The van der Waals surface area contributed by atoms with E-state index in [1.807, 2.05) is 6.07 Å². The molecule has 0 amide bonds. The van der Waals surface area contributed by atoms with Crippen LogP contribution >= 0.6 is 0 Å². The van der Waals surface area contributed by atoms with E-state index < -0.39 is 0 Å². The van der Waals surface area contributed by atoms with Crippen molar-refractivity contribution in [2.75, 3.05) is 6.54 Å². The molecular weight excluding hydrogens is 180 g/mol. The molecule has 1 aliphatic heterocycles. The van der Waals surface area contributed by atoms with Crippen LogP contribution in [0.5, 0.6) is 0 Å². The van der Waals surface area contributed by atoms with E-state index in [0.717, 1.165) is 37.0 Å². The summed E-state index contributed by atoms with van der Waals surface area (Å²) in [6.45, 7) is 2.67. The number of hydrogen-bond acceptors (Lipinski definition) is 4. The van der Waals surface area contributed by atoms with Crippen LogP contribution in [0.25, 0.3) is 11.5 Å². The van der Waals surface area contributed by atoms with Crippen molar-refractivity contribution in [3.8, 4) is 11.5 Å². The Bertz CT molecular complexity index is 429. The molecule has 3 heterocycles. The highest BCUT2D eigenvalue weighted by atomic mass is 15.3. The van der Waals surface area contributed by atoms with Crippen LogP contribution in [-0.2, 0) is 13.1 Å². The predicted octanol–water partition coefficient (Wildman–Crippen LogP) is -0.229. The zero-order valence-electron chi connectivity index (χ0n) is 7.56. The Hall–Kier alpha value is -1.69. The van der Waals surface area contributed by atoms with Crippen LogP contribution in [0.1, 0.15) is 5.82 Å². The number of hydrogen-bond donors (Lipinski definition) is 2. The molecule has 0 bridgehead atoms. The number of fused-ring (bicyclic) bond motifs is 1. The van der Waals surface area contributed by atoms with Gasteiger partial charge in [-0.25, -0.2) is 0 Å². The molecule has 1 aliphatic rings. The van der Waals surface area contributed by atoms with Crippen LogP contribution in [0.2, 0.25) is 0 Å². The molecule has 0 radical (unpaired) electrons. The summed E-state index contributed by atoms with van der Waals surface area (Å²) < 4.78 is 2.12. The summed E-state index contributed by atoms with van der Waals surface area (Å²) in [5.74, 6) is 1.86. The zero-order valence-corrected chi connectivity index (χ0v) is 7.56. The zero-order chi connectivity index (χ0) is 9.38. The van der Waals surface area contributed by atoms with Gasteiger partial charge in [-0.15, -0.1) is 10.2 Å². The second kappa shape index (κ2) is 2.91. The highest BCUT2D eigenvalue weighted by molar-refractivity contribution is 5.48. The third-order valence-corrected chi connectivity index (χ3v) is 2.36. The molecule has 0 fully saturated rings. The molecule has 0 aliphatic carbocycles. The lowest BCUT2D eigenvalue weighted by atomic mass is 10.3. The fraction of sp³-hybridized carbons (Fsp3) is 0.375. The van der Waals surface area contributed by atoms with Crippen molar-refractivity contribution < 1.29 is 0 Å². The largest absolute Gasteiger partial charge is 0.308 e. The Morgan fingerprint density at radius 1 is 1.36 bits per heavy atom. The first-order chi connectivity index (χ1) is 6.95. The van der Waals surface area contributed by atoms with E-state index >= 15 is 0 Å². The minimum Gasteiger partial charge on any atom is -0.308 e. The Morgan fingerprint density at radius 2 is 2.36 bits per heavy atom. The molecular formula is C8H10N6. The summed E-state index contributed by atoms with van der Waals surface area (Å²) in [6.07, 6.45) is 1.72. The maximum Gasteiger partial charge on any atom is 0.182 e. The van der Waals surface area contributed by atoms with Gasteiger partial charge in [-0.1, -0.05) is 0 Å². The molecule has 0 atom stereocenters. The van der Waals surface area contributed by atoms with Gasteiger partial charge in [0, 0.05) is 19.3 Å². The number of aromatic nitrogens is 5. The Labute approximate surface area is 80.4 Å². The van der Waals surface area contributed by atoms with Crippen LogP contribution in [0.15, 0.2) is 12.3 Å². The van der Waals surface area contributed by atoms with Crippen molar-refractivity contribution in [1.29, 1.82) is 0 Å². The van der Waals surface area contributed by atoms with Crippen molar-refractivity contribution >= 4 is 0 Å². The number of aromatic amines is 1. The van der Waals surface area contributed by atoms with Crippen molar-refractivity contribution in [1.82, 2.24) is 30.3 Å². The fourth-order valence-corrected chi connectivity index (χ4v) is 1.67. The fourth-order valence-electron chi connectivity index (χ4n) is 1.67. The van der Waals surface area contributed by atoms with Crippen LogP contribution in [0.3, 0.4) is 0 Å². The minimum absolute atomic E-state index is 0.793. The van der Waals surface area contributed by atoms with E-state index in [-0.39, 0.29) is 0 Å². The average molecular weight is 190 g/mol. The maximum atomic E-state index is 4.14. The Balaban J connectivity index is 2.11. The van der Waals surface area contributed by atoms with E-state index in [1.165, 1.54) is 0 Å². The summed E-state index contributed by atoms with van der Waals surface area (Å²) >= 11 is 0. The summed E-state index contributed by atoms with van der Waals surface area (Å²) in [7, 11) is 0. The lowest BCUT2D eigenvalue weighted by Gasteiger charge is -2.15. The van der Waals surface area contributed by atoms with Gasteiger partial charge in [-0.05, 0) is 6.07 Å². The average Bonchev–Trinajstić information content (AvgIpc) is 2.85. The molecule has 3 rings (SSSR count). The van der Waals surface area contributed by atoms with Gasteiger partial charge in [0.05, 0.1) is 6.54 Å². The SMILES string of the molecule is c1cc(-c2nnc3n2CCNC3)[nH]n1. The van der Waals surface area contributed by atoms with Gasteiger partial charge in [-0.2, -0.15) is 5.10 Å². The first-order valence-electron chi connectivity index (χ1n) is 4.58. The summed E-state index contributed by atoms with van der Waals surface area (Å²) in [5.41, 5.74) is 0.922. The summed E-state index contributed by atoms with van der Waals surface area (Å²) in [5, 5.41) is 18.3. The second-order valence-corrected chi connectivity index (χ2v) is 3.24. The standard InChI is InChI=1S/C8H10N6/c1-2-10-11-6(1)8-13-12-7-5-9-3-4-14(7)8/h1-2,9H,3-5H2,(H,10,11). The quantitative estimate of drug-likeness (QED) is 0.651. The monoisotopic (exact) mass is 190 g/mol. The molecule has 6 heteroatoms. The van der Waals surface area contributed by atoms with Gasteiger partial charge in [0.15, 0.2) is 5.82 Å². The van der Waals surface area contributed by atoms with Crippen LogP contribution in [0.4, 0.5) is 0 Å².